The number of nitrogens with two attached hydrogens (primary N) is 1. The van der Waals surface area contributed by atoms with E-state index in [1.807, 2.05) is 20.8 Å². The second kappa shape index (κ2) is 4.81. The molecule has 0 radical (unpaired) electrons. The van der Waals surface area contributed by atoms with Gasteiger partial charge in [-0.15, -0.1) is 0 Å². The van der Waals surface area contributed by atoms with E-state index in [2.05, 4.69) is 5.16 Å². The Morgan fingerprint density at radius 3 is 2.41 bits per heavy atom. The van der Waals surface area contributed by atoms with Gasteiger partial charge in [-0.25, -0.2) is 4.79 Å². The quantitative estimate of drug-likeness (QED) is 0.340. The fraction of sp³-hybridized carbons (Fsp3) is 0.818. The summed E-state index contributed by atoms with van der Waals surface area (Å²) >= 11 is 0. The molecule has 0 spiro atoms. The second-order valence-corrected chi connectivity index (χ2v) is 5.32. The van der Waals surface area contributed by atoms with Gasteiger partial charge in [-0.1, -0.05) is 5.16 Å². The minimum absolute atomic E-state index is 0.0164. The minimum atomic E-state index is -0.547. The zero-order chi connectivity index (χ0) is 13.2. The van der Waals surface area contributed by atoms with Crippen molar-refractivity contribution in [1.82, 2.24) is 4.90 Å². The van der Waals surface area contributed by atoms with Crippen molar-refractivity contribution < 1.29 is 14.7 Å². The number of hydrogen-bond acceptors (Lipinski definition) is 4. The Balaban J connectivity index is 2.76. The van der Waals surface area contributed by atoms with Gasteiger partial charge < -0.3 is 15.7 Å². The number of rotatable bonds is 3. The maximum Gasteiger partial charge on any atom is 0.411 e. The number of amides is 1. The van der Waals surface area contributed by atoms with Gasteiger partial charge in [-0.2, -0.15) is 0 Å². The van der Waals surface area contributed by atoms with Crippen molar-refractivity contribution in [3.05, 3.63) is 0 Å². The molecule has 6 heteroatoms. The molecular formula is C11H21N3O3. The van der Waals surface area contributed by atoms with Crippen LogP contribution < -0.4 is 5.73 Å². The Morgan fingerprint density at radius 1 is 1.53 bits per heavy atom. The van der Waals surface area contributed by atoms with Crippen LogP contribution in [0.25, 0.3) is 0 Å². The highest BCUT2D eigenvalue weighted by atomic mass is 16.6. The van der Waals surface area contributed by atoms with Crippen LogP contribution >= 0.6 is 0 Å². The van der Waals surface area contributed by atoms with E-state index in [1.54, 1.807) is 11.8 Å². The third-order valence-electron chi connectivity index (χ3n) is 2.51. The molecule has 1 aliphatic carbocycles. The molecule has 1 amide bonds. The van der Waals surface area contributed by atoms with E-state index in [4.69, 9.17) is 15.7 Å². The number of carbonyl (C=O) groups excluding carboxylic acids is 1. The van der Waals surface area contributed by atoms with Crippen molar-refractivity contribution in [3.8, 4) is 0 Å². The van der Waals surface area contributed by atoms with E-state index < -0.39 is 17.7 Å². The minimum Gasteiger partial charge on any atom is -0.444 e. The predicted molar refractivity (Wildman–Crippen MR) is 64.0 cm³/mol. The summed E-state index contributed by atoms with van der Waals surface area (Å²) in [7, 11) is 0. The average Bonchev–Trinajstić information content (AvgIpc) is 2.98. The van der Waals surface area contributed by atoms with Crippen LogP contribution in [0.2, 0.25) is 0 Å². The van der Waals surface area contributed by atoms with Crippen molar-refractivity contribution in [1.29, 1.82) is 0 Å². The number of amidine groups is 1. The van der Waals surface area contributed by atoms with Crippen molar-refractivity contribution in [2.75, 3.05) is 0 Å². The topological polar surface area (TPSA) is 88.2 Å². The van der Waals surface area contributed by atoms with Crippen molar-refractivity contribution in [2.24, 2.45) is 10.9 Å². The van der Waals surface area contributed by atoms with Gasteiger partial charge in [0, 0.05) is 6.04 Å². The first-order valence-corrected chi connectivity index (χ1v) is 5.75. The van der Waals surface area contributed by atoms with Gasteiger partial charge in [0.25, 0.3) is 0 Å². The van der Waals surface area contributed by atoms with Crippen LogP contribution in [-0.2, 0) is 4.74 Å². The summed E-state index contributed by atoms with van der Waals surface area (Å²) in [5, 5.41) is 11.6. The Bertz CT molecular complexity index is 318. The van der Waals surface area contributed by atoms with E-state index in [1.165, 1.54) is 0 Å². The monoisotopic (exact) mass is 243 g/mol. The van der Waals surface area contributed by atoms with Crippen LogP contribution in [-0.4, -0.2) is 39.7 Å². The van der Waals surface area contributed by atoms with Gasteiger partial charge in [0.2, 0.25) is 0 Å². The number of carbonyl (C=O) groups is 1. The number of nitrogens with zero attached hydrogens (tertiary/aromatic N) is 2. The predicted octanol–water partition coefficient (Wildman–Crippen LogP) is 1.52. The standard InChI is InChI=1S/C11H21N3O3/c1-7(9(12)13-16)14(8-5-6-8)10(15)17-11(2,3)4/h7-8,16H,5-6H2,1-4H3,(H2,12,13)/t7-/m0/s1. The van der Waals surface area contributed by atoms with Crippen LogP contribution in [0.3, 0.4) is 0 Å². The molecule has 1 saturated carbocycles. The fourth-order valence-electron chi connectivity index (χ4n) is 1.52. The molecule has 1 fully saturated rings. The van der Waals surface area contributed by atoms with Crippen molar-refractivity contribution >= 4 is 11.9 Å². The van der Waals surface area contributed by atoms with Crippen LogP contribution in [0.1, 0.15) is 40.5 Å². The lowest BCUT2D eigenvalue weighted by Crippen LogP contribution is -2.49. The summed E-state index contributed by atoms with van der Waals surface area (Å²) < 4.78 is 5.31. The summed E-state index contributed by atoms with van der Waals surface area (Å²) in [6, 6.07) is -0.317. The average molecular weight is 243 g/mol. The number of oxime groups is 1. The first-order valence-electron chi connectivity index (χ1n) is 5.75. The van der Waals surface area contributed by atoms with Gasteiger partial charge in [-0.3, -0.25) is 4.90 Å². The first-order chi connectivity index (χ1) is 7.76. The molecule has 0 aromatic heterocycles. The first kappa shape index (κ1) is 13.6. The summed E-state index contributed by atoms with van der Waals surface area (Å²) in [6.45, 7) is 7.15. The maximum absolute atomic E-state index is 12.0. The molecular weight excluding hydrogens is 222 g/mol. The van der Waals surface area contributed by atoms with E-state index in [0.29, 0.717) is 0 Å². The summed E-state index contributed by atoms with van der Waals surface area (Å²) in [6.07, 6.45) is 1.45. The zero-order valence-corrected chi connectivity index (χ0v) is 10.8. The molecule has 1 rings (SSSR count). The normalized spacial score (nSPS) is 18.7. The third-order valence-corrected chi connectivity index (χ3v) is 2.51. The molecule has 0 unspecified atom stereocenters. The van der Waals surface area contributed by atoms with Crippen molar-refractivity contribution in [2.45, 2.75) is 58.2 Å². The molecule has 0 aliphatic heterocycles. The van der Waals surface area contributed by atoms with Crippen LogP contribution in [0.4, 0.5) is 4.79 Å². The van der Waals surface area contributed by atoms with Crippen LogP contribution in [0.15, 0.2) is 5.16 Å². The molecule has 3 N–H and O–H groups in total. The van der Waals surface area contributed by atoms with Gasteiger partial charge in [0.15, 0.2) is 5.84 Å². The maximum atomic E-state index is 12.0. The van der Waals surface area contributed by atoms with E-state index in [-0.39, 0.29) is 11.9 Å². The largest absolute Gasteiger partial charge is 0.444 e. The SMILES string of the molecule is C[C@@H](C(N)=NO)N(C(=O)OC(C)(C)C)C1CC1. The summed E-state index contributed by atoms with van der Waals surface area (Å²) in [4.78, 5) is 13.6. The number of hydrogen-bond donors (Lipinski definition) is 2. The second-order valence-electron chi connectivity index (χ2n) is 5.32. The molecule has 0 aromatic carbocycles. The smallest absolute Gasteiger partial charge is 0.411 e. The Kier molecular flexibility index (Phi) is 3.85. The van der Waals surface area contributed by atoms with E-state index in [0.717, 1.165) is 12.8 Å². The molecule has 0 saturated heterocycles. The zero-order valence-electron chi connectivity index (χ0n) is 10.8. The highest BCUT2D eigenvalue weighted by molar-refractivity contribution is 5.88. The van der Waals surface area contributed by atoms with Gasteiger partial charge in [-0.05, 0) is 40.5 Å². The molecule has 98 valence electrons. The van der Waals surface area contributed by atoms with Crippen LogP contribution in [0.5, 0.6) is 0 Å². The molecule has 6 nitrogen and oxygen atoms in total. The fourth-order valence-corrected chi connectivity index (χ4v) is 1.52. The summed E-state index contributed by atoms with van der Waals surface area (Å²) in [5.74, 6) is 0.0164. The van der Waals surface area contributed by atoms with E-state index >= 15 is 0 Å². The third kappa shape index (κ3) is 3.80. The van der Waals surface area contributed by atoms with Crippen molar-refractivity contribution in [3.63, 3.8) is 0 Å². The lowest BCUT2D eigenvalue weighted by molar-refractivity contribution is 0.0204. The highest BCUT2D eigenvalue weighted by Gasteiger charge is 2.39. The molecule has 0 bridgehead atoms. The molecule has 0 aromatic rings. The molecule has 17 heavy (non-hydrogen) atoms. The molecule has 0 heterocycles. The lowest BCUT2D eigenvalue weighted by atomic mass is 10.2. The highest BCUT2D eigenvalue weighted by Crippen LogP contribution is 2.30. The van der Waals surface area contributed by atoms with Crippen LogP contribution in [0, 0.1) is 0 Å². The lowest BCUT2D eigenvalue weighted by Gasteiger charge is -2.31. The van der Waals surface area contributed by atoms with E-state index in [9.17, 15) is 4.79 Å². The molecule has 1 atom stereocenters. The van der Waals surface area contributed by atoms with Gasteiger partial charge in [0.1, 0.15) is 5.60 Å². The Labute approximate surface area is 101 Å². The van der Waals surface area contributed by atoms with Gasteiger partial charge in [0.05, 0.1) is 6.04 Å². The summed E-state index contributed by atoms with van der Waals surface area (Å²) in [5.41, 5.74) is 4.99. The Morgan fingerprint density at radius 2 is 2.06 bits per heavy atom. The Hall–Kier alpha value is -1.46. The molecule has 1 aliphatic rings. The van der Waals surface area contributed by atoms with Gasteiger partial charge >= 0.3 is 6.09 Å². The number of ether oxygens (including phenoxy) is 1.